The molecule has 0 aliphatic heterocycles. The van der Waals surface area contributed by atoms with Crippen molar-refractivity contribution in [2.45, 2.75) is 37.5 Å². The molecule has 1 aliphatic rings. The van der Waals surface area contributed by atoms with Crippen LogP contribution >= 0.6 is 0 Å². The van der Waals surface area contributed by atoms with Crippen molar-refractivity contribution in [1.29, 1.82) is 0 Å². The van der Waals surface area contributed by atoms with E-state index in [0.29, 0.717) is 0 Å². The number of hydrogen-bond donors (Lipinski definition) is 0. The lowest BCUT2D eigenvalue weighted by molar-refractivity contribution is 1.11. The summed E-state index contributed by atoms with van der Waals surface area (Å²) in [5, 5.41) is 0. The van der Waals surface area contributed by atoms with Crippen molar-refractivity contribution in [3.63, 3.8) is 0 Å². The molecule has 1 fully saturated rings. The Morgan fingerprint density at radius 1 is 1.08 bits per heavy atom. The number of benzene rings is 1. The van der Waals surface area contributed by atoms with E-state index in [9.17, 15) is 0 Å². The summed E-state index contributed by atoms with van der Waals surface area (Å²) in [5.41, 5.74) is 2.60. The van der Waals surface area contributed by atoms with Gasteiger partial charge in [0.15, 0.2) is 0 Å². The Morgan fingerprint density at radius 2 is 1.69 bits per heavy atom. The van der Waals surface area contributed by atoms with E-state index in [0.717, 1.165) is 11.5 Å². The molecule has 0 nitrogen and oxygen atoms in total. The van der Waals surface area contributed by atoms with Crippen molar-refractivity contribution in [2.75, 3.05) is 0 Å². The van der Waals surface area contributed by atoms with Crippen LogP contribution in [0.1, 0.15) is 17.9 Å². The zero-order valence-electron chi connectivity index (χ0n) is 8.75. The van der Waals surface area contributed by atoms with E-state index in [1.807, 2.05) is 0 Å². The quantitative estimate of drug-likeness (QED) is 0.621. The average molecular weight is 190 g/mol. The molecular formula is C12H18Si. The minimum Gasteiger partial charge on any atom is -0.0693 e. The maximum atomic E-state index is 2.49. The summed E-state index contributed by atoms with van der Waals surface area (Å²) >= 11 is 0. The van der Waals surface area contributed by atoms with E-state index in [4.69, 9.17) is 0 Å². The van der Waals surface area contributed by atoms with Crippen molar-refractivity contribution >= 4 is 8.07 Å². The second kappa shape index (κ2) is 2.98. The molecule has 0 saturated heterocycles. The Bertz CT molecular complexity index is 284. The molecular weight excluding hydrogens is 172 g/mol. The second-order valence-corrected chi connectivity index (χ2v) is 10.7. The largest absolute Gasteiger partial charge is 0.0693 e. The fourth-order valence-electron chi connectivity index (χ4n) is 2.22. The van der Waals surface area contributed by atoms with Gasteiger partial charge in [-0.15, -0.1) is 0 Å². The van der Waals surface area contributed by atoms with E-state index in [-0.39, 0.29) is 0 Å². The van der Waals surface area contributed by atoms with Gasteiger partial charge in [-0.3, -0.25) is 0 Å². The molecule has 0 unspecified atom stereocenters. The van der Waals surface area contributed by atoms with E-state index in [1.165, 1.54) is 6.42 Å². The highest BCUT2D eigenvalue weighted by Crippen LogP contribution is 2.58. The van der Waals surface area contributed by atoms with Gasteiger partial charge in [0.25, 0.3) is 0 Å². The first-order chi connectivity index (χ1) is 6.09. The van der Waals surface area contributed by atoms with E-state index in [2.05, 4.69) is 50.0 Å². The Kier molecular flexibility index (Phi) is 2.07. The van der Waals surface area contributed by atoms with Gasteiger partial charge in [-0.1, -0.05) is 50.0 Å². The summed E-state index contributed by atoms with van der Waals surface area (Å²) in [5.74, 6) is 0.896. The Balaban J connectivity index is 2.09. The first-order valence-electron chi connectivity index (χ1n) is 5.14. The SMILES string of the molecule is C[Si](C)(C)[C@H]1C[C@H]1c1ccccc1. The molecule has 0 amide bonds. The van der Waals surface area contributed by atoms with E-state index >= 15 is 0 Å². The molecule has 1 aromatic rings. The van der Waals surface area contributed by atoms with Crippen LogP contribution in [0.3, 0.4) is 0 Å². The van der Waals surface area contributed by atoms with Gasteiger partial charge >= 0.3 is 0 Å². The fourth-order valence-corrected chi connectivity index (χ4v) is 4.58. The van der Waals surface area contributed by atoms with Crippen LogP contribution in [-0.4, -0.2) is 8.07 Å². The topological polar surface area (TPSA) is 0 Å². The molecule has 0 bridgehead atoms. The highest BCUT2D eigenvalue weighted by molar-refractivity contribution is 6.78. The van der Waals surface area contributed by atoms with Gasteiger partial charge in [-0.25, -0.2) is 0 Å². The van der Waals surface area contributed by atoms with Gasteiger partial charge in [-0.05, 0) is 23.4 Å². The third-order valence-electron chi connectivity index (χ3n) is 3.13. The summed E-state index contributed by atoms with van der Waals surface area (Å²) in [7, 11) is -0.869. The minimum absolute atomic E-state index is 0.869. The van der Waals surface area contributed by atoms with Crippen LogP contribution in [0.2, 0.25) is 25.2 Å². The number of hydrogen-bond acceptors (Lipinski definition) is 0. The maximum absolute atomic E-state index is 2.49. The van der Waals surface area contributed by atoms with Gasteiger partial charge < -0.3 is 0 Å². The lowest BCUT2D eigenvalue weighted by Gasteiger charge is -2.15. The molecule has 13 heavy (non-hydrogen) atoms. The zero-order chi connectivity index (χ0) is 9.47. The molecule has 2 atom stereocenters. The van der Waals surface area contributed by atoms with Gasteiger partial charge in [0.05, 0.1) is 0 Å². The Morgan fingerprint density at radius 3 is 2.15 bits per heavy atom. The molecule has 0 aromatic heterocycles. The van der Waals surface area contributed by atoms with Crippen LogP contribution in [-0.2, 0) is 0 Å². The van der Waals surface area contributed by atoms with Crippen molar-refractivity contribution in [2.24, 2.45) is 0 Å². The highest BCUT2D eigenvalue weighted by atomic mass is 28.3. The van der Waals surface area contributed by atoms with Crippen LogP contribution in [0.15, 0.2) is 30.3 Å². The zero-order valence-corrected chi connectivity index (χ0v) is 9.75. The van der Waals surface area contributed by atoms with Crippen LogP contribution in [0, 0.1) is 0 Å². The molecule has 0 N–H and O–H groups in total. The van der Waals surface area contributed by atoms with Gasteiger partial charge in [-0.2, -0.15) is 0 Å². The van der Waals surface area contributed by atoms with Gasteiger partial charge in [0.2, 0.25) is 0 Å². The molecule has 2 rings (SSSR count). The van der Waals surface area contributed by atoms with E-state index < -0.39 is 8.07 Å². The summed E-state index contributed by atoms with van der Waals surface area (Å²) in [6, 6.07) is 11.0. The number of rotatable bonds is 2. The van der Waals surface area contributed by atoms with Crippen molar-refractivity contribution in [3.8, 4) is 0 Å². The first-order valence-corrected chi connectivity index (χ1v) is 8.72. The third kappa shape index (κ3) is 1.85. The normalized spacial score (nSPS) is 27.3. The van der Waals surface area contributed by atoms with Crippen LogP contribution in [0.5, 0.6) is 0 Å². The van der Waals surface area contributed by atoms with Crippen molar-refractivity contribution in [3.05, 3.63) is 35.9 Å². The molecule has 0 spiro atoms. The first kappa shape index (κ1) is 9.01. The maximum Gasteiger partial charge on any atom is 0.0480 e. The summed E-state index contributed by atoms with van der Waals surface area (Å²) in [6.07, 6.45) is 1.44. The van der Waals surface area contributed by atoms with Crippen LogP contribution in [0.4, 0.5) is 0 Å². The second-order valence-electron chi connectivity index (χ2n) is 5.23. The predicted molar refractivity (Wildman–Crippen MR) is 60.9 cm³/mol. The standard InChI is InChI=1S/C12H18Si/c1-13(2,3)12-9-11(12)10-7-5-4-6-8-10/h4-8,11-12H,9H2,1-3H3/t11-,12-/m0/s1. The van der Waals surface area contributed by atoms with Crippen molar-refractivity contribution < 1.29 is 0 Å². The van der Waals surface area contributed by atoms with Crippen molar-refractivity contribution in [1.82, 2.24) is 0 Å². The smallest absolute Gasteiger partial charge is 0.0480 e. The molecule has 0 heterocycles. The highest BCUT2D eigenvalue weighted by Gasteiger charge is 2.46. The third-order valence-corrected chi connectivity index (χ3v) is 5.99. The average Bonchev–Trinajstić information content (AvgIpc) is 2.83. The Hall–Kier alpha value is -0.563. The summed E-state index contributed by atoms with van der Waals surface area (Å²) < 4.78 is 0. The Labute approximate surface area is 82.0 Å². The van der Waals surface area contributed by atoms with Gasteiger partial charge in [0, 0.05) is 8.07 Å². The molecule has 1 aromatic carbocycles. The summed E-state index contributed by atoms with van der Waals surface area (Å²) in [6.45, 7) is 7.46. The molecule has 1 saturated carbocycles. The lowest BCUT2D eigenvalue weighted by Crippen LogP contribution is -2.20. The molecule has 0 radical (unpaired) electrons. The molecule has 1 heteroatoms. The van der Waals surface area contributed by atoms with Crippen LogP contribution < -0.4 is 0 Å². The molecule has 1 aliphatic carbocycles. The van der Waals surface area contributed by atoms with E-state index in [1.54, 1.807) is 5.56 Å². The monoisotopic (exact) mass is 190 g/mol. The predicted octanol–water partition coefficient (Wildman–Crippen LogP) is 3.88. The molecule has 70 valence electrons. The summed E-state index contributed by atoms with van der Waals surface area (Å²) in [4.78, 5) is 0. The van der Waals surface area contributed by atoms with Crippen LogP contribution in [0.25, 0.3) is 0 Å². The fraction of sp³-hybridized carbons (Fsp3) is 0.500. The minimum atomic E-state index is -0.869. The van der Waals surface area contributed by atoms with Gasteiger partial charge in [0.1, 0.15) is 0 Å². The lowest BCUT2D eigenvalue weighted by atomic mass is 10.1.